The first kappa shape index (κ1) is 14.9. The van der Waals surface area contributed by atoms with Crippen LogP contribution in [0.5, 0.6) is 0 Å². The normalized spacial score (nSPS) is 24.2. The zero-order valence-corrected chi connectivity index (χ0v) is 13.5. The van der Waals surface area contributed by atoms with E-state index in [1.54, 1.807) is 11.3 Å². The van der Waals surface area contributed by atoms with Gasteiger partial charge in [-0.2, -0.15) is 0 Å². The second-order valence-corrected chi connectivity index (χ2v) is 7.09. The summed E-state index contributed by atoms with van der Waals surface area (Å²) in [5.74, 6) is 0.867. The molecule has 1 atom stereocenters. The Labute approximate surface area is 130 Å². The van der Waals surface area contributed by atoms with E-state index in [9.17, 15) is 4.79 Å². The fourth-order valence-electron chi connectivity index (χ4n) is 3.13. The van der Waals surface area contributed by atoms with E-state index >= 15 is 0 Å². The van der Waals surface area contributed by atoms with Crippen LogP contribution in [0.2, 0.25) is 0 Å². The predicted octanol–water partition coefficient (Wildman–Crippen LogP) is 1.42. The van der Waals surface area contributed by atoms with Gasteiger partial charge < -0.3 is 10.2 Å². The average Bonchev–Trinajstić information content (AvgIpc) is 2.96. The lowest BCUT2D eigenvalue weighted by Crippen LogP contribution is -2.46. The second-order valence-electron chi connectivity index (χ2n) is 6.15. The fourth-order valence-corrected chi connectivity index (χ4v) is 3.94. The number of thiazole rings is 1. The molecular weight excluding hydrogens is 284 g/mol. The number of nitrogens with zero attached hydrogens (tertiary/aromatic N) is 3. The first-order valence-electron chi connectivity index (χ1n) is 7.89. The monoisotopic (exact) mass is 308 g/mol. The third-order valence-corrected chi connectivity index (χ3v) is 5.11. The molecule has 1 amide bonds. The van der Waals surface area contributed by atoms with Crippen LogP contribution in [-0.4, -0.2) is 60.0 Å². The van der Waals surface area contributed by atoms with Crippen molar-refractivity contribution >= 4 is 17.2 Å². The number of amides is 1. The summed E-state index contributed by atoms with van der Waals surface area (Å²) >= 11 is 1.62. The molecule has 1 aromatic rings. The standard InChI is InChI=1S/C15H24N4OS/c1-12-3-2-6-18(9-12)10-14-17-13(11-21-14)15(20)19-7-4-16-5-8-19/h11-12,16H,2-10H2,1H3. The summed E-state index contributed by atoms with van der Waals surface area (Å²) in [4.78, 5) is 21.3. The number of piperidine rings is 1. The molecule has 2 fully saturated rings. The third kappa shape index (κ3) is 3.81. The SMILES string of the molecule is CC1CCCN(Cc2nc(C(=O)N3CCNCC3)cs2)C1. The second kappa shape index (κ2) is 6.85. The highest BCUT2D eigenvalue weighted by molar-refractivity contribution is 7.09. The summed E-state index contributed by atoms with van der Waals surface area (Å²) in [6, 6.07) is 0. The van der Waals surface area contributed by atoms with Gasteiger partial charge in [-0.3, -0.25) is 9.69 Å². The van der Waals surface area contributed by atoms with Crippen molar-refractivity contribution < 1.29 is 4.79 Å². The Kier molecular flexibility index (Phi) is 4.87. The topological polar surface area (TPSA) is 48.5 Å². The summed E-state index contributed by atoms with van der Waals surface area (Å²) in [6.07, 6.45) is 2.61. The van der Waals surface area contributed by atoms with Crippen molar-refractivity contribution in [3.8, 4) is 0 Å². The van der Waals surface area contributed by atoms with Crippen molar-refractivity contribution in [2.24, 2.45) is 5.92 Å². The molecule has 0 spiro atoms. The number of hydrogen-bond acceptors (Lipinski definition) is 5. The minimum atomic E-state index is 0.0889. The van der Waals surface area contributed by atoms with Gasteiger partial charge in [0.25, 0.3) is 5.91 Å². The van der Waals surface area contributed by atoms with Gasteiger partial charge in [0.05, 0.1) is 6.54 Å². The Hall–Kier alpha value is -0.980. The molecule has 5 nitrogen and oxygen atoms in total. The number of hydrogen-bond donors (Lipinski definition) is 1. The van der Waals surface area contributed by atoms with Gasteiger partial charge in [-0.05, 0) is 25.3 Å². The summed E-state index contributed by atoms with van der Waals surface area (Å²) < 4.78 is 0. The van der Waals surface area contributed by atoms with Gasteiger partial charge in [0.15, 0.2) is 0 Å². The predicted molar refractivity (Wildman–Crippen MR) is 84.6 cm³/mol. The highest BCUT2D eigenvalue weighted by Crippen LogP contribution is 2.20. The number of nitrogens with one attached hydrogen (secondary N) is 1. The van der Waals surface area contributed by atoms with E-state index in [1.807, 2.05) is 10.3 Å². The average molecular weight is 308 g/mol. The van der Waals surface area contributed by atoms with E-state index in [1.165, 1.54) is 12.8 Å². The van der Waals surface area contributed by atoms with E-state index < -0.39 is 0 Å². The van der Waals surface area contributed by atoms with Crippen LogP contribution in [0.3, 0.4) is 0 Å². The van der Waals surface area contributed by atoms with Gasteiger partial charge in [0, 0.05) is 38.1 Å². The molecule has 2 aliphatic rings. The van der Waals surface area contributed by atoms with Gasteiger partial charge in [-0.15, -0.1) is 11.3 Å². The van der Waals surface area contributed by atoms with Crippen LogP contribution in [0.4, 0.5) is 0 Å². The van der Waals surface area contributed by atoms with Crippen LogP contribution >= 0.6 is 11.3 Å². The minimum absolute atomic E-state index is 0.0889. The number of aromatic nitrogens is 1. The zero-order valence-electron chi connectivity index (χ0n) is 12.7. The Morgan fingerprint density at radius 1 is 1.43 bits per heavy atom. The minimum Gasteiger partial charge on any atom is -0.335 e. The molecule has 3 heterocycles. The number of likely N-dealkylation sites (tertiary alicyclic amines) is 1. The molecule has 6 heteroatoms. The lowest BCUT2D eigenvalue weighted by molar-refractivity contribution is 0.0730. The maximum Gasteiger partial charge on any atom is 0.273 e. The van der Waals surface area contributed by atoms with Crippen LogP contribution in [-0.2, 0) is 6.54 Å². The van der Waals surface area contributed by atoms with E-state index in [0.29, 0.717) is 5.69 Å². The number of carbonyl (C=O) groups is 1. The van der Waals surface area contributed by atoms with E-state index in [0.717, 1.165) is 56.7 Å². The van der Waals surface area contributed by atoms with E-state index in [2.05, 4.69) is 22.1 Å². The molecule has 0 aromatic carbocycles. The summed E-state index contributed by atoms with van der Waals surface area (Å²) in [7, 11) is 0. The number of piperazine rings is 1. The Balaban J connectivity index is 1.59. The van der Waals surface area contributed by atoms with Crippen LogP contribution in [0.15, 0.2) is 5.38 Å². The number of rotatable bonds is 3. The van der Waals surface area contributed by atoms with Crippen molar-refractivity contribution in [2.45, 2.75) is 26.3 Å². The molecule has 21 heavy (non-hydrogen) atoms. The maximum absolute atomic E-state index is 12.4. The van der Waals surface area contributed by atoms with Crippen LogP contribution in [0.1, 0.15) is 35.3 Å². The van der Waals surface area contributed by atoms with Gasteiger partial charge >= 0.3 is 0 Å². The molecule has 0 saturated carbocycles. The maximum atomic E-state index is 12.4. The van der Waals surface area contributed by atoms with Crippen LogP contribution in [0, 0.1) is 5.92 Å². The molecule has 2 aliphatic heterocycles. The van der Waals surface area contributed by atoms with Crippen molar-refractivity contribution in [1.82, 2.24) is 20.1 Å². The third-order valence-electron chi connectivity index (χ3n) is 4.28. The Bertz CT molecular complexity index is 484. The lowest BCUT2D eigenvalue weighted by atomic mass is 10.0. The van der Waals surface area contributed by atoms with Crippen molar-refractivity contribution in [1.29, 1.82) is 0 Å². The molecule has 0 radical (unpaired) electrons. The first-order chi connectivity index (χ1) is 10.2. The molecule has 0 aliphatic carbocycles. The highest BCUT2D eigenvalue weighted by atomic mass is 32.1. The van der Waals surface area contributed by atoms with Gasteiger partial charge in [-0.25, -0.2) is 4.98 Å². The number of carbonyl (C=O) groups excluding carboxylic acids is 1. The van der Waals surface area contributed by atoms with Crippen molar-refractivity contribution in [3.05, 3.63) is 16.1 Å². The lowest BCUT2D eigenvalue weighted by Gasteiger charge is -2.30. The summed E-state index contributed by atoms with van der Waals surface area (Å²) in [5, 5.41) is 6.26. The van der Waals surface area contributed by atoms with Crippen molar-refractivity contribution in [3.63, 3.8) is 0 Å². The van der Waals surface area contributed by atoms with E-state index in [-0.39, 0.29) is 5.91 Å². The quantitative estimate of drug-likeness (QED) is 0.917. The Morgan fingerprint density at radius 2 is 2.24 bits per heavy atom. The van der Waals surface area contributed by atoms with Gasteiger partial charge in [-0.1, -0.05) is 6.92 Å². The Morgan fingerprint density at radius 3 is 3.00 bits per heavy atom. The smallest absolute Gasteiger partial charge is 0.273 e. The molecule has 1 aromatic heterocycles. The molecule has 1 unspecified atom stereocenters. The summed E-state index contributed by atoms with van der Waals surface area (Å²) in [6.45, 7) is 8.86. The summed E-state index contributed by atoms with van der Waals surface area (Å²) in [5.41, 5.74) is 0.627. The molecule has 0 bridgehead atoms. The van der Waals surface area contributed by atoms with Crippen LogP contribution < -0.4 is 5.32 Å². The molecule has 116 valence electrons. The van der Waals surface area contributed by atoms with Crippen molar-refractivity contribution in [2.75, 3.05) is 39.3 Å². The van der Waals surface area contributed by atoms with E-state index in [4.69, 9.17) is 0 Å². The molecule has 3 rings (SSSR count). The fraction of sp³-hybridized carbons (Fsp3) is 0.733. The zero-order chi connectivity index (χ0) is 14.7. The van der Waals surface area contributed by atoms with Gasteiger partial charge in [0.2, 0.25) is 0 Å². The molecular formula is C15H24N4OS. The molecule has 2 saturated heterocycles. The first-order valence-corrected chi connectivity index (χ1v) is 8.77. The largest absolute Gasteiger partial charge is 0.335 e. The van der Waals surface area contributed by atoms with Gasteiger partial charge in [0.1, 0.15) is 10.7 Å². The van der Waals surface area contributed by atoms with Crippen LogP contribution in [0.25, 0.3) is 0 Å². The highest BCUT2D eigenvalue weighted by Gasteiger charge is 2.22. The molecule has 1 N–H and O–H groups in total.